The molecule has 7 nitrogen and oxygen atoms in total. The summed E-state index contributed by atoms with van der Waals surface area (Å²) in [6, 6.07) is 5.47. The first-order valence-corrected chi connectivity index (χ1v) is 10.7. The third kappa shape index (κ3) is 5.51. The van der Waals surface area contributed by atoms with Crippen LogP contribution in [-0.4, -0.2) is 35.9 Å². The Labute approximate surface area is 199 Å². The van der Waals surface area contributed by atoms with Gasteiger partial charge in [0.2, 0.25) is 0 Å². The predicted molar refractivity (Wildman–Crippen MR) is 127 cm³/mol. The van der Waals surface area contributed by atoms with Gasteiger partial charge in [-0.05, 0) is 36.8 Å². The van der Waals surface area contributed by atoms with Gasteiger partial charge in [-0.15, -0.1) is 0 Å². The quantitative estimate of drug-likeness (QED) is 0.391. The predicted octanol–water partition coefficient (Wildman–Crippen LogP) is 4.60. The van der Waals surface area contributed by atoms with Crippen molar-refractivity contribution in [3.8, 4) is 5.75 Å². The molecule has 1 atom stereocenters. The molecule has 180 valence electrons. The zero-order valence-electron chi connectivity index (χ0n) is 18.5. The highest BCUT2D eigenvalue weighted by Crippen LogP contribution is 2.34. The minimum absolute atomic E-state index is 0.0266. The number of hydrogen-bond acceptors (Lipinski definition) is 7. The second-order valence-electron chi connectivity index (χ2n) is 7.55. The Hall–Kier alpha value is -3.53. The monoisotopic (exact) mass is 492 g/mol. The minimum Gasteiger partial charge on any atom is -0.482 e. The highest BCUT2D eigenvalue weighted by Gasteiger charge is 2.25. The van der Waals surface area contributed by atoms with Crippen molar-refractivity contribution in [2.75, 3.05) is 19.3 Å². The molecule has 0 amide bonds. The van der Waals surface area contributed by atoms with Gasteiger partial charge in [-0.1, -0.05) is 11.6 Å². The lowest BCUT2D eigenvalue weighted by Crippen LogP contribution is -2.24. The zero-order valence-corrected chi connectivity index (χ0v) is 19.2. The average molecular weight is 493 g/mol. The van der Waals surface area contributed by atoms with E-state index in [2.05, 4.69) is 15.6 Å². The molecule has 0 fully saturated rings. The van der Waals surface area contributed by atoms with Crippen molar-refractivity contribution >= 4 is 34.0 Å². The summed E-state index contributed by atoms with van der Waals surface area (Å²) in [7, 11) is 1.63. The molecule has 6 N–H and O–H groups in total. The van der Waals surface area contributed by atoms with Gasteiger partial charge in [0, 0.05) is 53.8 Å². The third-order valence-electron chi connectivity index (χ3n) is 5.20. The standard InChI is InChI=1S/C23H24ClF3N6O/c1-11-16-7-14(25)3-4-15(16)20(28)12(8-31-2)5-17(22(24)29)21(32-10-19(26)27)13-6-18(34-11)23(30)33-9-13/h3-4,6-9,11,19,28-29,31-32H,5,10H2,1-2H3,(H2,30,33)/b12-8-,21-17-,28-20?,29-22?/t11-/m1/s1. The smallest absolute Gasteiger partial charge is 0.255 e. The van der Waals surface area contributed by atoms with E-state index in [1.54, 1.807) is 20.2 Å². The van der Waals surface area contributed by atoms with Crippen molar-refractivity contribution in [3.63, 3.8) is 0 Å². The van der Waals surface area contributed by atoms with Crippen LogP contribution in [0.4, 0.5) is 19.0 Å². The maximum atomic E-state index is 14.2. The van der Waals surface area contributed by atoms with Gasteiger partial charge < -0.3 is 21.1 Å². The molecular weight excluding hydrogens is 469 g/mol. The first-order valence-electron chi connectivity index (χ1n) is 10.3. The number of pyridine rings is 1. The van der Waals surface area contributed by atoms with Gasteiger partial charge >= 0.3 is 0 Å². The van der Waals surface area contributed by atoms with Gasteiger partial charge in [-0.3, -0.25) is 10.8 Å². The van der Waals surface area contributed by atoms with E-state index in [0.717, 1.165) is 0 Å². The van der Waals surface area contributed by atoms with Gasteiger partial charge in [0.15, 0.2) is 11.6 Å². The van der Waals surface area contributed by atoms with Crippen molar-refractivity contribution in [1.82, 2.24) is 15.6 Å². The second kappa shape index (κ2) is 10.6. The Morgan fingerprint density at radius 2 is 2.12 bits per heavy atom. The second-order valence-corrected chi connectivity index (χ2v) is 7.93. The van der Waals surface area contributed by atoms with Crippen molar-refractivity contribution in [2.45, 2.75) is 25.9 Å². The van der Waals surface area contributed by atoms with Gasteiger partial charge in [0.25, 0.3) is 6.43 Å². The molecule has 0 radical (unpaired) electrons. The lowest BCUT2D eigenvalue weighted by atomic mass is 9.90. The van der Waals surface area contributed by atoms with Gasteiger partial charge in [-0.25, -0.2) is 18.2 Å². The van der Waals surface area contributed by atoms with Crippen molar-refractivity contribution in [3.05, 3.63) is 70.3 Å². The number of nitrogen functional groups attached to an aromatic ring is 1. The number of anilines is 1. The first kappa shape index (κ1) is 25.1. The summed E-state index contributed by atoms with van der Waals surface area (Å²) < 4.78 is 46.3. The molecule has 1 aromatic heterocycles. The topological polar surface area (TPSA) is 120 Å². The molecule has 0 saturated heterocycles. The zero-order chi connectivity index (χ0) is 25.0. The normalized spacial score (nSPS) is 19.7. The molecule has 0 saturated carbocycles. The maximum absolute atomic E-state index is 14.2. The van der Waals surface area contributed by atoms with E-state index in [4.69, 9.17) is 32.9 Å². The number of rotatable bonds is 5. The molecule has 0 unspecified atom stereocenters. The summed E-state index contributed by atoms with van der Waals surface area (Å²) >= 11 is 6.11. The Morgan fingerprint density at radius 1 is 1.38 bits per heavy atom. The number of fused-ring (bicyclic) bond motifs is 3. The molecule has 0 aliphatic carbocycles. The van der Waals surface area contributed by atoms with E-state index in [1.165, 1.54) is 30.5 Å². The Bertz CT molecular complexity index is 1180. The summed E-state index contributed by atoms with van der Waals surface area (Å²) in [6.07, 6.45) is -0.562. The number of benzene rings is 1. The van der Waals surface area contributed by atoms with Gasteiger partial charge in [0.05, 0.1) is 12.3 Å². The summed E-state index contributed by atoms with van der Waals surface area (Å²) in [6.45, 7) is 0.973. The highest BCUT2D eigenvalue weighted by molar-refractivity contribution is 6.69. The lowest BCUT2D eigenvalue weighted by molar-refractivity contribution is 0.151. The average Bonchev–Trinajstić information content (AvgIpc) is 2.78. The molecular formula is C23H24ClF3N6O. The number of halogens is 4. The molecule has 34 heavy (non-hydrogen) atoms. The van der Waals surface area contributed by atoms with Crippen LogP contribution in [0.5, 0.6) is 5.75 Å². The summed E-state index contributed by atoms with van der Waals surface area (Å²) in [5.74, 6) is -0.336. The van der Waals surface area contributed by atoms with Crippen molar-refractivity contribution in [1.29, 1.82) is 10.8 Å². The molecule has 3 rings (SSSR count). The Balaban J connectivity index is 2.33. The lowest BCUT2D eigenvalue weighted by Gasteiger charge is -2.24. The van der Waals surface area contributed by atoms with E-state index in [9.17, 15) is 13.2 Å². The highest BCUT2D eigenvalue weighted by atomic mass is 35.5. The number of allylic oxidation sites excluding steroid dienone is 2. The van der Waals surface area contributed by atoms with Crippen LogP contribution in [-0.2, 0) is 0 Å². The summed E-state index contributed by atoms with van der Waals surface area (Å²) in [4.78, 5) is 4.11. The summed E-state index contributed by atoms with van der Waals surface area (Å²) in [5, 5.41) is 22.1. The van der Waals surface area contributed by atoms with E-state index >= 15 is 0 Å². The molecule has 1 aliphatic heterocycles. The number of alkyl halides is 2. The molecule has 2 aromatic rings. The third-order valence-corrected chi connectivity index (χ3v) is 5.43. The molecule has 1 aromatic carbocycles. The number of nitrogens with zero attached hydrogens (tertiary/aromatic N) is 1. The SMILES string of the molecule is CN/C=C1/C/C(C(=N)Cl)=C(/NCC(F)F)c2cnc(N)c(c2)O[C@H](C)c2cc(F)ccc2C1=N. The largest absolute Gasteiger partial charge is 0.482 e. The molecule has 0 spiro atoms. The number of nitrogens with two attached hydrogens (primary N) is 1. The van der Waals surface area contributed by atoms with Crippen LogP contribution in [0.25, 0.3) is 5.70 Å². The first-order chi connectivity index (χ1) is 16.1. The van der Waals surface area contributed by atoms with Crippen LogP contribution >= 0.6 is 11.6 Å². The van der Waals surface area contributed by atoms with E-state index < -0.39 is 30.1 Å². The number of ether oxygens (including phenoxy) is 1. The molecule has 2 heterocycles. The van der Waals surface area contributed by atoms with Crippen LogP contribution in [0.15, 0.2) is 47.8 Å². The van der Waals surface area contributed by atoms with E-state index in [1.807, 2.05) is 0 Å². The molecule has 2 bridgehead atoms. The number of hydrogen-bond donors (Lipinski definition) is 5. The number of nitrogens with one attached hydrogen (secondary N) is 4. The fourth-order valence-electron chi connectivity index (χ4n) is 3.62. The number of aromatic nitrogens is 1. The molecule has 1 aliphatic rings. The fraction of sp³-hybridized carbons (Fsp3) is 0.261. The van der Waals surface area contributed by atoms with Crippen molar-refractivity contribution < 1.29 is 17.9 Å². The minimum atomic E-state index is -2.68. The van der Waals surface area contributed by atoms with Crippen LogP contribution in [0.2, 0.25) is 0 Å². The Kier molecular flexibility index (Phi) is 7.83. The Morgan fingerprint density at radius 3 is 2.76 bits per heavy atom. The van der Waals surface area contributed by atoms with E-state index in [-0.39, 0.29) is 35.0 Å². The van der Waals surface area contributed by atoms with Crippen molar-refractivity contribution in [2.24, 2.45) is 0 Å². The summed E-state index contributed by atoms with van der Waals surface area (Å²) in [5.41, 5.74) is 7.80. The van der Waals surface area contributed by atoms with Crippen LogP contribution in [0.1, 0.15) is 36.1 Å². The molecule has 11 heteroatoms. The maximum Gasteiger partial charge on any atom is 0.255 e. The fourth-order valence-corrected chi connectivity index (χ4v) is 3.79. The van der Waals surface area contributed by atoms with Crippen LogP contribution in [0, 0.1) is 16.6 Å². The van der Waals surface area contributed by atoms with Gasteiger partial charge in [0.1, 0.15) is 17.1 Å². The van der Waals surface area contributed by atoms with Crippen LogP contribution < -0.4 is 21.1 Å². The van der Waals surface area contributed by atoms with Gasteiger partial charge in [-0.2, -0.15) is 0 Å². The van der Waals surface area contributed by atoms with Crippen LogP contribution in [0.3, 0.4) is 0 Å². The van der Waals surface area contributed by atoms with E-state index in [0.29, 0.717) is 22.3 Å².